The Balaban J connectivity index is 1.69. The Hall–Kier alpha value is -1.95. The Bertz CT molecular complexity index is 522. The van der Waals surface area contributed by atoms with Crippen LogP contribution < -0.4 is 25.4 Å². The third-order valence-electron chi connectivity index (χ3n) is 4.77. The number of carbonyl (C=O) groups excluding carboxylic acids is 1. The highest BCUT2D eigenvalue weighted by Crippen LogP contribution is 2.25. The average Bonchev–Trinajstić information content (AvgIpc) is 2.65. The first-order valence-corrected chi connectivity index (χ1v) is 9.06. The standard InChI is InChI=1S/C19H31N3O3/c1-14(15-5-4-6-20-13-15)9-19(23)22-8-7-21-16-10-17(24-2)12-18(11-16)25-3/h10-12,14-15,20-21H,4-9,13H2,1-3H3,(H,22,23). The van der Waals surface area contributed by atoms with Gasteiger partial charge in [0.2, 0.25) is 5.91 Å². The molecule has 140 valence electrons. The molecule has 1 fully saturated rings. The molecule has 0 bridgehead atoms. The quantitative estimate of drug-likeness (QED) is 0.597. The van der Waals surface area contributed by atoms with Gasteiger partial charge in [-0.1, -0.05) is 6.92 Å². The van der Waals surface area contributed by atoms with Gasteiger partial charge in [-0.15, -0.1) is 0 Å². The molecule has 6 nitrogen and oxygen atoms in total. The molecule has 1 amide bonds. The summed E-state index contributed by atoms with van der Waals surface area (Å²) < 4.78 is 10.5. The van der Waals surface area contributed by atoms with Gasteiger partial charge in [0, 0.05) is 43.4 Å². The van der Waals surface area contributed by atoms with Crippen molar-refractivity contribution in [3.63, 3.8) is 0 Å². The first-order valence-electron chi connectivity index (χ1n) is 9.06. The van der Waals surface area contributed by atoms with Crippen LogP contribution in [-0.4, -0.2) is 46.3 Å². The molecule has 2 atom stereocenters. The van der Waals surface area contributed by atoms with Crippen molar-refractivity contribution in [3.05, 3.63) is 18.2 Å². The highest BCUT2D eigenvalue weighted by atomic mass is 16.5. The van der Waals surface area contributed by atoms with Crippen LogP contribution in [0.15, 0.2) is 18.2 Å². The maximum Gasteiger partial charge on any atom is 0.220 e. The van der Waals surface area contributed by atoms with Crippen molar-refractivity contribution in [2.75, 3.05) is 45.7 Å². The highest BCUT2D eigenvalue weighted by molar-refractivity contribution is 5.76. The monoisotopic (exact) mass is 349 g/mol. The fourth-order valence-electron chi connectivity index (χ4n) is 3.21. The summed E-state index contributed by atoms with van der Waals surface area (Å²) >= 11 is 0. The molecule has 1 aromatic carbocycles. The van der Waals surface area contributed by atoms with Gasteiger partial charge >= 0.3 is 0 Å². The van der Waals surface area contributed by atoms with Crippen molar-refractivity contribution in [2.45, 2.75) is 26.2 Å². The Kier molecular flexibility index (Phi) is 7.85. The van der Waals surface area contributed by atoms with Gasteiger partial charge in [0.15, 0.2) is 0 Å². The van der Waals surface area contributed by atoms with Gasteiger partial charge in [-0.3, -0.25) is 4.79 Å². The van der Waals surface area contributed by atoms with E-state index in [1.54, 1.807) is 14.2 Å². The zero-order valence-corrected chi connectivity index (χ0v) is 15.6. The number of anilines is 1. The van der Waals surface area contributed by atoms with Crippen LogP contribution in [0, 0.1) is 11.8 Å². The number of ether oxygens (including phenoxy) is 2. The first-order chi connectivity index (χ1) is 12.1. The zero-order valence-electron chi connectivity index (χ0n) is 15.6. The van der Waals surface area contributed by atoms with Gasteiger partial charge in [-0.05, 0) is 37.8 Å². The van der Waals surface area contributed by atoms with E-state index in [0.717, 1.165) is 30.3 Å². The molecule has 2 unspecified atom stereocenters. The van der Waals surface area contributed by atoms with E-state index in [0.29, 0.717) is 31.3 Å². The van der Waals surface area contributed by atoms with Crippen LogP contribution in [0.1, 0.15) is 26.2 Å². The number of amides is 1. The molecule has 1 aliphatic rings. The van der Waals surface area contributed by atoms with Crippen molar-refractivity contribution in [2.24, 2.45) is 11.8 Å². The lowest BCUT2D eigenvalue weighted by Crippen LogP contribution is -2.36. The van der Waals surface area contributed by atoms with Crippen molar-refractivity contribution in [1.82, 2.24) is 10.6 Å². The van der Waals surface area contributed by atoms with E-state index in [2.05, 4.69) is 22.9 Å². The maximum atomic E-state index is 12.1. The minimum atomic E-state index is 0.128. The Morgan fingerprint density at radius 3 is 2.56 bits per heavy atom. The molecule has 3 N–H and O–H groups in total. The predicted octanol–water partition coefficient (Wildman–Crippen LogP) is 2.26. The number of benzene rings is 1. The Morgan fingerprint density at radius 1 is 1.24 bits per heavy atom. The number of rotatable bonds is 9. The maximum absolute atomic E-state index is 12.1. The van der Waals surface area contributed by atoms with Crippen LogP contribution in [0.2, 0.25) is 0 Å². The van der Waals surface area contributed by atoms with Gasteiger partial charge < -0.3 is 25.4 Å². The lowest BCUT2D eigenvalue weighted by molar-refractivity contribution is -0.122. The third-order valence-corrected chi connectivity index (χ3v) is 4.77. The second-order valence-corrected chi connectivity index (χ2v) is 6.67. The van der Waals surface area contributed by atoms with Crippen LogP contribution >= 0.6 is 0 Å². The van der Waals surface area contributed by atoms with Gasteiger partial charge in [-0.25, -0.2) is 0 Å². The molecule has 1 aromatic rings. The van der Waals surface area contributed by atoms with Crippen LogP contribution in [0.25, 0.3) is 0 Å². The van der Waals surface area contributed by atoms with E-state index in [9.17, 15) is 4.79 Å². The highest BCUT2D eigenvalue weighted by Gasteiger charge is 2.21. The topological polar surface area (TPSA) is 71.6 Å². The number of hydrogen-bond donors (Lipinski definition) is 3. The number of carbonyl (C=O) groups is 1. The molecular weight excluding hydrogens is 318 g/mol. The number of piperidine rings is 1. The molecule has 0 aliphatic carbocycles. The van der Waals surface area contributed by atoms with Crippen LogP contribution in [0.4, 0.5) is 5.69 Å². The van der Waals surface area contributed by atoms with Crippen molar-refractivity contribution >= 4 is 11.6 Å². The van der Waals surface area contributed by atoms with E-state index in [4.69, 9.17) is 9.47 Å². The molecule has 2 rings (SSSR count). The van der Waals surface area contributed by atoms with E-state index >= 15 is 0 Å². The summed E-state index contributed by atoms with van der Waals surface area (Å²) in [6, 6.07) is 5.64. The van der Waals surface area contributed by atoms with Crippen LogP contribution in [0.3, 0.4) is 0 Å². The SMILES string of the molecule is COc1cc(NCCNC(=O)CC(C)C2CCCNC2)cc(OC)c1. The van der Waals surface area contributed by atoms with Gasteiger partial charge in [0.25, 0.3) is 0 Å². The van der Waals surface area contributed by atoms with Gasteiger partial charge in [0.05, 0.1) is 14.2 Å². The van der Waals surface area contributed by atoms with Gasteiger partial charge in [-0.2, -0.15) is 0 Å². The largest absolute Gasteiger partial charge is 0.497 e. The summed E-state index contributed by atoms with van der Waals surface area (Å²) in [5.41, 5.74) is 0.909. The Labute approximate surface area is 150 Å². The second-order valence-electron chi connectivity index (χ2n) is 6.67. The van der Waals surface area contributed by atoms with E-state index in [1.165, 1.54) is 12.8 Å². The number of nitrogens with one attached hydrogen (secondary N) is 3. The lowest BCUT2D eigenvalue weighted by atomic mass is 9.85. The van der Waals surface area contributed by atoms with Gasteiger partial charge in [0.1, 0.15) is 11.5 Å². The smallest absolute Gasteiger partial charge is 0.220 e. The molecule has 0 radical (unpaired) electrons. The molecule has 0 spiro atoms. The minimum absolute atomic E-state index is 0.128. The fourth-order valence-corrected chi connectivity index (χ4v) is 3.21. The number of hydrogen-bond acceptors (Lipinski definition) is 5. The van der Waals surface area contributed by atoms with E-state index in [-0.39, 0.29) is 5.91 Å². The van der Waals surface area contributed by atoms with Crippen molar-refractivity contribution in [3.8, 4) is 11.5 Å². The van der Waals surface area contributed by atoms with Crippen LogP contribution in [-0.2, 0) is 4.79 Å². The summed E-state index contributed by atoms with van der Waals surface area (Å²) in [7, 11) is 3.25. The summed E-state index contributed by atoms with van der Waals surface area (Å²) in [5.74, 6) is 2.63. The summed E-state index contributed by atoms with van der Waals surface area (Å²) in [6.07, 6.45) is 3.03. The summed E-state index contributed by atoms with van der Waals surface area (Å²) in [6.45, 7) is 5.57. The minimum Gasteiger partial charge on any atom is -0.497 e. The first kappa shape index (κ1) is 19.4. The number of methoxy groups -OCH3 is 2. The molecule has 0 aromatic heterocycles. The average molecular weight is 349 g/mol. The van der Waals surface area contributed by atoms with Crippen molar-refractivity contribution in [1.29, 1.82) is 0 Å². The zero-order chi connectivity index (χ0) is 18.1. The molecule has 1 heterocycles. The molecule has 25 heavy (non-hydrogen) atoms. The molecule has 1 aliphatic heterocycles. The van der Waals surface area contributed by atoms with E-state index < -0.39 is 0 Å². The fraction of sp³-hybridized carbons (Fsp3) is 0.632. The molecular formula is C19H31N3O3. The molecule has 1 saturated heterocycles. The normalized spacial score (nSPS) is 18.3. The predicted molar refractivity (Wildman–Crippen MR) is 100 cm³/mol. The summed E-state index contributed by atoms with van der Waals surface area (Å²) in [5, 5.41) is 9.69. The van der Waals surface area contributed by atoms with Crippen LogP contribution in [0.5, 0.6) is 11.5 Å². The summed E-state index contributed by atoms with van der Waals surface area (Å²) in [4.78, 5) is 12.1. The molecule has 0 saturated carbocycles. The van der Waals surface area contributed by atoms with Crippen molar-refractivity contribution < 1.29 is 14.3 Å². The Morgan fingerprint density at radius 2 is 1.96 bits per heavy atom. The lowest BCUT2D eigenvalue weighted by Gasteiger charge is -2.28. The third kappa shape index (κ3) is 6.46. The molecule has 6 heteroatoms. The second kappa shape index (κ2) is 10.1. The van der Waals surface area contributed by atoms with E-state index in [1.807, 2.05) is 18.2 Å².